The normalized spacial score (nSPS) is 10.5. The van der Waals surface area contributed by atoms with Gasteiger partial charge in [-0.15, -0.1) is 5.10 Å². The Morgan fingerprint density at radius 3 is 3.06 bits per heavy atom. The van der Waals surface area contributed by atoms with Crippen LogP contribution >= 0.6 is 11.5 Å². The van der Waals surface area contributed by atoms with Crippen molar-refractivity contribution in [3.05, 3.63) is 38.5 Å². The lowest BCUT2D eigenvalue weighted by Crippen LogP contribution is -2.31. The van der Waals surface area contributed by atoms with E-state index in [4.69, 9.17) is 5.84 Å². The minimum Gasteiger partial charge on any atom is -0.313 e. The molecule has 0 saturated carbocycles. The summed E-state index contributed by atoms with van der Waals surface area (Å²) in [5.74, 6) is 4.16. The maximum absolute atomic E-state index is 13.0. The molecule has 0 unspecified atom stereocenters. The predicted molar refractivity (Wildman–Crippen MR) is 58.1 cm³/mol. The van der Waals surface area contributed by atoms with Gasteiger partial charge in [-0.1, -0.05) is 4.49 Å². The molecule has 0 aliphatic heterocycles. The van der Waals surface area contributed by atoms with E-state index in [9.17, 15) is 14.0 Å². The number of nitrogens with two attached hydrogens (primary N) is 1. The van der Waals surface area contributed by atoms with E-state index in [1.165, 1.54) is 0 Å². The van der Waals surface area contributed by atoms with Gasteiger partial charge in [0.25, 0.3) is 5.56 Å². The van der Waals surface area contributed by atoms with E-state index in [0.29, 0.717) is 10.7 Å². The Bertz CT molecular complexity index is 646. The minimum absolute atomic E-state index is 0.0391. The fourth-order valence-electron chi connectivity index (χ4n) is 1.18. The van der Waals surface area contributed by atoms with Crippen LogP contribution in [0.25, 0.3) is 0 Å². The SMILES string of the molecule is NNc1snnc1Cn1cc(F)c(=O)[nH]c1=O. The molecular formula is C7H7FN6O2S. The van der Waals surface area contributed by atoms with Crippen molar-refractivity contribution >= 4 is 16.5 Å². The van der Waals surface area contributed by atoms with Gasteiger partial charge in [-0.3, -0.25) is 14.3 Å². The Hall–Kier alpha value is -2.07. The van der Waals surface area contributed by atoms with Crippen LogP contribution in [0.5, 0.6) is 0 Å². The van der Waals surface area contributed by atoms with Gasteiger partial charge in [-0.25, -0.2) is 10.6 Å². The highest BCUT2D eigenvalue weighted by molar-refractivity contribution is 7.10. The van der Waals surface area contributed by atoms with E-state index in [1.807, 2.05) is 4.98 Å². The molecule has 0 fully saturated rings. The third kappa shape index (κ3) is 2.21. The summed E-state index contributed by atoms with van der Waals surface area (Å²) in [6.07, 6.45) is 0.806. The molecule has 2 aromatic heterocycles. The molecule has 17 heavy (non-hydrogen) atoms. The molecule has 0 amide bonds. The Balaban J connectivity index is 2.40. The van der Waals surface area contributed by atoms with Gasteiger partial charge in [-0.05, 0) is 0 Å². The number of aromatic amines is 1. The van der Waals surface area contributed by atoms with Crippen LogP contribution in [0.3, 0.4) is 0 Å². The molecule has 2 rings (SSSR count). The topological polar surface area (TPSA) is 119 Å². The van der Waals surface area contributed by atoms with E-state index >= 15 is 0 Å². The number of halogens is 1. The largest absolute Gasteiger partial charge is 0.328 e. The average molecular weight is 258 g/mol. The number of rotatable bonds is 3. The van der Waals surface area contributed by atoms with Gasteiger partial charge in [-0.2, -0.15) is 4.39 Å². The van der Waals surface area contributed by atoms with Gasteiger partial charge in [0.2, 0.25) is 5.82 Å². The van der Waals surface area contributed by atoms with Gasteiger partial charge < -0.3 is 5.43 Å². The summed E-state index contributed by atoms with van der Waals surface area (Å²) in [4.78, 5) is 24.0. The molecule has 90 valence electrons. The van der Waals surface area contributed by atoms with E-state index < -0.39 is 17.1 Å². The first-order valence-electron chi connectivity index (χ1n) is 4.39. The molecule has 0 spiro atoms. The van der Waals surface area contributed by atoms with Crippen molar-refractivity contribution in [3.8, 4) is 0 Å². The van der Waals surface area contributed by atoms with Crippen LogP contribution in [-0.4, -0.2) is 19.1 Å². The summed E-state index contributed by atoms with van der Waals surface area (Å²) in [6, 6.07) is 0. The number of hydrogen-bond acceptors (Lipinski definition) is 7. The highest BCUT2D eigenvalue weighted by atomic mass is 32.1. The number of hydrogen-bond donors (Lipinski definition) is 3. The Morgan fingerprint density at radius 2 is 2.35 bits per heavy atom. The quantitative estimate of drug-likeness (QED) is 0.473. The highest BCUT2D eigenvalue weighted by Gasteiger charge is 2.10. The van der Waals surface area contributed by atoms with Crippen molar-refractivity contribution in [3.63, 3.8) is 0 Å². The lowest BCUT2D eigenvalue weighted by molar-refractivity contribution is 0.564. The Labute approximate surface area is 97.0 Å². The monoisotopic (exact) mass is 258 g/mol. The van der Waals surface area contributed by atoms with Gasteiger partial charge in [0.15, 0.2) is 0 Å². The third-order valence-electron chi connectivity index (χ3n) is 1.97. The number of H-pyrrole nitrogens is 1. The summed E-state index contributed by atoms with van der Waals surface area (Å²) in [5, 5.41) is 4.19. The first-order chi connectivity index (χ1) is 8.11. The summed E-state index contributed by atoms with van der Waals surface area (Å²) in [7, 11) is 0. The fraction of sp³-hybridized carbons (Fsp3) is 0.143. The van der Waals surface area contributed by atoms with E-state index in [0.717, 1.165) is 22.3 Å². The molecule has 0 aliphatic rings. The van der Waals surface area contributed by atoms with Gasteiger partial charge in [0.05, 0.1) is 12.7 Å². The third-order valence-corrected chi connectivity index (χ3v) is 2.67. The first kappa shape index (κ1) is 11.4. The number of anilines is 1. The summed E-state index contributed by atoms with van der Waals surface area (Å²) in [5.41, 5.74) is 0.949. The smallest absolute Gasteiger partial charge is 0.313 e. The number of nitrogens with zero attached hydrogens (tertiary/aromatic N) is 3. The first-order valence-corrected chi connectivity index (χ1v) is 5.16. The zero-order chi connectivity index (χ0) is 12.4. The second kappa shape index (κ2) is 4.43. The van der Waals surface area contributed by atoms with Crippen LogP contribution in [-0.2, 0) is 6.54 Å². The zero-order valence-corrected chi connectivity index (χ0v) is 9.12. The Kier molecular flexibility index (Phi) is 2.97. The van der Waals surface area contributed by atoms with Gasteiger partial charge in [0.1, 0.15) is 10.7 Å². The van der Waals surface area contributed by atoms with Crippen LogP contribution < -0.4 is 22.5 Å². The molecule has 0 aromatic carbocycles. The molecule has 4 N–H and O–H groups in total. The van der Waals surface area contributed by atoms with Crippen LogP contribution in [0.15, 0.2) is 15.8 Å². The van der Waals surface area contributed by atoms with Crippen molar-refractivity contribution < 1.29 is 4.39 Å². The molecule has 8 nitrogen and oxygen atoms in total. The van der Waals surface area contributed by atoms with E-state index in [1.54, 1.807) is 0 Å². The number of nitrogens with one attached hydrogen (secondary N) is 2. The summed E-state index contributed by atoms with van der Waals surface area (Å²) in [6.45, 7) is -0.0391. The number of aromatic nitrogens is 4. The molecule has 0 atom stereocenters. The molecule has 0 saturated heterocycles. The maximum atomic E-state index is 13.0. The van der Waals surface area contributed by atoms with Crippen molar-refractivity contribution in [1.82, 2.24) is 19.1 Å². The van der Waals surface area contributed by atoms with Crippen molar-refractivity contribution in [1.29, 1.82) is 0 Å². The molecular weight excluding hydrogens is 251 g/mol. The lowest BCUT2D eigenvalue weighted by atomic mass is 10.4. The van der Waals surface area contributed by atoms with Gasteiger partial charge in [0, 0.05) is 11.5 Å². The Morgan fingerprint density at radius 1 is 1.59 bits per heavy atom. The summed E-state index contributed by atoms with van der Waals surface area (Å²) >= 11 is 1.00. The number of hydrazine groups is 1. The minimum atomic E-state index is -1.06. The van der Waals surface area contributed by atoms with Crippen molar-refractivity contribution in [2.24, 2.45) is 5.84 Å². The second-order valence-electron chi connectivity index (χ2n) is 3.06. The molecule has 0 bridgehead atoms. The van der Waals surface area contributed by atoms with Crippen LogP contribution in [0, 0.1) is 5.82 Å². The van der Waals surface area contributed by atoms with Crippen molar-refractivity contribution in [2.45, 2.75) is 6.54 Å². The molecule has 2 heterocycles. The zero-order valence-electron chi connectivity index (χ0n) is 8.31. The van der Waals surface area contributed by atoms with Crippen LogP contribution in [0.4, 0.5) is 9.39 Å². The van der Waals surface area contributed by atoms with E-state index in [2.05, 4.69) is 15.0 Å². The standard InChI is InChI=1S/C7H7FN6O2S/c8-3-1-14(7(16)10-5(3)15)2-4-6(11-9)17-13-12-4/h1,11H,2,9H2,(H,10,15,16). The molecule has 10 heteroatoms. The van der Waals surface area contributed by atoms with Crippen molar-refractivity contribution in [2.75, 3.05) is 5.43 Å². The number of nitrogen functional groups attached to an aromatic ring is 1. The highest BCUT2D eigenvalue weighted by Crippen LogP contribution is 2.16. The summed E-state index contributed by atoms with van der Waals surface area (Å²) < 4.78 is 17.6. The second-order valence-corrected chi connectivity index (χ2v) is 3.81. The molecule has 0 aliphatic carbocycles. The van der Waals surface area contributed by atoms with Crippen LogP contribution in [0.2, 0.25) is 0 Å². The van der Waals surface area contributed by atoms with Gasteiger partial charge >= 0.3 is 5.69 Å². The van der Waals surface area contributed by atoms with E-state index in [-0.39, 0.29) is 6.54 Å². The molecule has 0 radical (unpaired) electrons. The maximum Gasteiger partial charge on any atom is 0.328 e. The van der Waals surface area contributed by atoms with Crippen LogP contribution in [0.1, 0.15) is 5.69 Å². The lowest BCUT2D eigenvalue weighted by Gasteiger charge is -2.03. The predicted octanol–water partition coefficient (Wildman–Crippen LogP) is -1.14. The molecule has 2 aromatic rings. The fourth-order valence-corrected chi connectivity index (χ4v) is 1.67. The average Bonchev–Trinajstić information content (AvgIpc) is 2.73.